The Labute approximate surface area is 130 Å². The number of ether oxygens (including phenoxy) is 1. The number of rotatable bonds is 3. The summed E-state index contributed by atoms with van der Waals surface area (Å²) in [5, 5.41) is 9.91. The number of hydrogen-bond donors (Lipinski definition) is 1. The van der Waals surface area contributed by atoms with E-state index in [2.05, 4.69) is 14.9 Å². The van der Waals surface area contributed by atoms with Crippen molar-refractivity contribution in [2.45, 2.75) is 35.8 Å². The largest absolute Gasteiger partial charge is 0.389 e. The van der Waals surface area contributed by atoms with Gasteiger partial charge in [0, 0.05) is 18.4 Å². The van der Waals surface area contributed by atoms with Crippen LogP contribution in [0.2, 0.25) is 0 Å². The minimum atomic E-state index is -3.32. The molecule has 2 aliphatic heterocycles. The van der Waals surface area contributed by atoms with Crippen molar-refractivity contribution >= 4 is 9.84 Å². The summed E-state index contributed by atoms with van der Waals surface area (Å²) < 4.78 is 29.1. The van der Waals surface area contributed by atoms with Crippen molar-refractivity contribution in [3.05, 3.63) is 18.2 Å². The van der Waals surface area contributed by atoms with E-state index in [1.54, 1.807) is 0 Å². The first kappa shape index (κ1) is 15.8. The lowest BCUT2D eigenvalue weighted by Crippen LogP contribution is -2.46. The topological polar surface area (TPSA) is 92.6 Å². The fourth-order valence-electron chi connectivity index (χ4n) is 3.30. The highest BCUT2D eigenvalue weighted by Crippen LogP contribution is 2.32. The lowest BCUT2D eigenvalue weighted by molar-refractivity contribution is 0.0658. The van der Waals surface area contributed by atoms with Gasteiger partial charge in [0.05, 0.1) is 31.1 Å². The molecule has 1 aromatic rings. The molecule has 2 atom stereocenters. The maximum absolute atomic E-state index is 11.9. The highest BCUT2D eigenvalue weighted by atomic mass is 32.2. The summed E-state index contributed by atoms with van der Waals surface area (Å²) >= 11 is 0. The van der Waals surface area contributed by atoms with Gasteiger partial charge in [0.25, 0.3) is 0 Å². The van der Waals surface area contributed by atoms with E-state index in [1.807, 2.05) is 0 Å². The van der Waals surface area contributed by atoms with Crippen LogP contribution in [0.25, 0.3) is 0 Å². The number of hydrogen-bond acceptors (Lipinski definition) is 7. The average Bonchev–Trinajstić information content (AvgIpc) is 2.93. The second-order valence-corrected chi connectivity index (χ2v) is 8.01. The third kappa shape index (κ3) is 3.15. The summed E-state index contributed by atoms with van der Waals surface area (Å²) in [6, 6.07) is 0.0562. The summed E-state index contributed by atoms with van der Waals surface area (Å²) in [6.45, 7) is 2.58. The SMILES string of the molecule is CS(=O)(=O)c1cncnc1C1CCN(C2COCC2O)CC1. The first-order chi connectivity index (χ1) is 10.5. The van der Waals surface area contributed by atoms with Gasteiger partial charge in [0.2, 0.25) is 0 Å². The number of aromatic nitrogens is 2. The van der Waals surface area contributed by atoms with Gasteiger partial charge in [-0.3, -0.25) is 4.90 Å². The molecule has 1 N–H and O–H groups in total. The van der Waals surface area contributed by atoms with Crippen molar-refractivity contribution < 1.29 is 18.3 Å². The third-order valence-corrected chi connectivity index (χ3v) is 5.63. The lowest BCUT2D eigenvalue weighted by atomic mass is 9.92. The van der Waals surface area contributed by atoms with Crippen LogP contribution in [0.4, 0.5) is 0 Å². The van der Waals surface area contributed by atoms with Crippen molar-refractivity contribution in [2.24, 2.45) is 0 Å². The fraction of sp³-hybridized carbons (Fsp3) is 0.714. The molecule has 8 heteroatoms. The molecule has 2 aliphatic rings. The summed E-state index contributed by atoms with van der Waals surface area (Å²) in [5.74, 6) is 0.114. The molecule has 7 nitrogen and oxygen atoms in total. The van der Waals surface area contributed by atoms with Crippen molar-refractivity contribution in [1.82, 2.24) is 14.9 Å². The quantitative estimate of drug-likeness (QED) is 0.823. The third-order valence-electron chi connectivity index (χ3n) is 4.51. The van der Waals surface area contributed by atoms with Crippen molar-refractivity contribution in [3.8, 4) is 0 Å². The summed E-state index contributed by atoms with van der Waals surface area (Å²) in [6.07, 6.45) is 5.20. The molecule has 0 radical (unpaired) electrons. The second kappa shape index (κ2) is 6.19. The van der Waals surface area contributed by atoms with Crippen LogP contribution in [-0.2, 0) is 14.6 Å². The van der Waals surface area contributed by atoms with Crippen LogP contribution >= 0.6 is 0 Å². The molecule has 2 fully saturated rings. The zero-order valence-electron chi connectivity index (χ0n) is 12.6. The maximum atomic E-state index is 11.9. The number of aliphatic hydroxyl groups is 1. The van der Waals surface area contributed by atoms with Crippen LogP contribution in [0.1, 0.15) is 24.5 Å². The van der Waals surface area contributed by atoms with Crippen LogP contribution < -0.4 is 0 Å². The Hall–Kier alpha value is -1.09. The van der Waals surface area contributed by atoms with E-state index in [4.69, 9.17) is 4.74 Å². The van der Waals surface area contributed by atoms with E-state index in [9.17, 15) is 13.5 Å². The van der Waals surface area contributed by atoms with E-state index >= 15 is 0 Å². The molecular formula is C14H21N3O4S. The number of piperidine rings is 1. The first-order valence-corrected chi connectivity index (χ1v) is 9.36. The standard InChI is InChI=1S/C14H21N3O4S/c1-22(19,20)13-6-15-9-16-14(13)10-2-4-17(5-3-10)11-7-21-8-12(11)18/h6,9-12,18H,2-5,7-8H2,1H3. The number of sulfone groups is 1. The molecule has 0 bridgehead atoms. The molecule has 2 saturated heterocycles. The van der Waals surface area contributed by atoms with Crippen molar-refractivity contribution in [2.75, 3.05) is 32.6 Å². The molecule has 122 valence electrons. The Bertz CT molecular complexity index is 629. The number of aliphatic hydroxyl groups excluding tert-OH is 1. The first-order valence-electron chi connectivity index (χ1n) is 7.46. The highest BCUT2D eigenvalue weighted by Gasteiger charge is 2.35. The van der Waals surface area contributed by atoms with Gasteiger partial charge < -0.3 is 9.84 Å². The fourth-order valence-corrected chi connectivity index (χ4v) is 4.16. The van der Waals surface area contributed by atoms with E-state index in [0.29, 0.717) is 18.9 Å². The molecule has 0 aromatic carbocycles. The Balaban J connectivity index is 1.72. The molecule has 1 aromatic heterocycles. The summed E-state index contributed by atoms with van der Waals surface area (Å²) in [7, 11) is -3.32. The zero-order valence-corrected chi connectivity index (χ0v) is 13.4. The molecule has 2 unspecified atom stereocenters. The van der Waals surface area contributed by atoms with Gasteiger partial charge in [-0.1, -0.05) is 0 Å². The molecule has 0 saturated carbocycles. The van der Waals surface area contributed by atoms with Gasteiger partial charge >= 0.3 is 0 Å². The minimum Gasteiger partial charge on any atom is -0.389 e. The van der Waals surface area contributed by atoms with Gasteiger partial charge in [0.15, 0.2) is 9.84 Å². The van der Waals surface area contributed by atoms with E-state index in [-0.39, 0.29) is 16.9 Å². The molecule has 3 heterocycles. The predicted molar refractivity (Wildman–Crippen MR) is 79.3 cm³/mol. The summed E-state index contributed by atoms with van der Waals surface area (Å²) in [5.41, 5.74) is 0.625. The van der Waals surface area contributed by atoms with Gasteiger partial charge in [-0.2, -0.15) is 0 Å². The molecule has 0 aliphatic carbocycles. The van der Waals surface area contributed by atoms with Crippen LogP contribution in [0.15, 0.2) is 17.4 Å². The van der Waals surface area contributed by atoms with Gasteiger partial charge in [-0.15, -0.1) is 0 Å². The minimum absolute atomic E-state index is 0.0562. The Morgan fingerprint density at radius 1 is 1.32 bits per heavy atom. The van der Waals surface area contributed by atoms with Crippen LogP contribution in [-0.4, -0.2) is 73.1 Å². The van der Waals surface area contributed by atoms with Crippen LogP contribution in [0, 0.1) is 0 Å². The average molecular weight is 327 g/mol. The van der Waals surface area contributed by atoms with E-state index in [1.165, 1.54) is 18.8 Å². The number of nitrogens with zero attached hydrogens (tertiary/aromatic N) is 3. The van der Waals surface area contributed by atoms with Crippen LogP contribution in [0.5, 0.6) is 0 Å². The van der Waals surface area contributed by atoms with Crippen molar-refractivity contribution in [1.29, 1.82) is 0 Å². The number of likely N-dealkylation sites (tertiary alicyclic amines) is 1. The molecular weight excluding hydrogens is 306 g/mol. The zero-order chi connectivity index (χ0) is 15.7. The molecule has 22 heavy (non-hydrogen) atoms. The smallest absolute Gasteiger partial charge is 0.178 e. The van der Waals surface area contributed by atoms with Crippen LogP contribution in [0.3, 0.4) is 0 Å². The highest BCUT2D eigenvalue weighted by molar-refractivity contribution is 7.90. The Kier molecular flexibility index (Phi) is 4.44. The maximum Gasteiger partial charge on any atom is 0.178 e. The second-order valence-electron chi connectivity index (χ2n) is 6.03. The van der Waals surface area contributed by atoms with Gasteiger partial charge in [-0.25, -0.2) is 18.4 Å². The molecule has 0 spiro atoms. The van der Waals surface area contributed by atoms with Gasteiger partial charge in [0.1, 0.15) is 11.2 Å². The Morgan fingerprint density at radius 2 is 2.05 bits per heavy atom. The Morgan fingerprint density at radius 3 is 2.64 bits per heavy atom. The normalized spacial score (nSPS) is 28.1. The van der Waals surface area contributed by atoms with Gasteiger partial charge in [-0.05, 0) is 25.9 Å². The van der Waals surface area contributed by atoms with Crippen molar-refractivity contribution in [3.63, 3.8) is 0 Å². The van der Waals surface area contributed by atoms with E-state index in [0.717, 1.165) is 25.9 Å². The monoisotopic (exact) mass is 327 g/mol. The van der Waals surface area contributed by atoms with E-state index < -0.39 is 15.9 Å². The predicted octanol–water partition coefficient (Wildman–Crippen LogP) is -0.181. The molecule has 3 rings (SSSR count). The molecule has 0 amide bonds. The summed E-state index contributed by atoms with van der Waals surface area (Å²) in [4.78, 5) is 10.5. The lowest BCUT2D eigenvalue weighted by Gasteiger charge is -2.36.